The number of rotatable bonds is 10. The first-order valence-corrected chi connectivity index (χ1v) is 6.08. The van der Waals surface area contributed by atoms with Crippen molar-refractivity contribution in [1.82, 2.24) is 10.2 Å². The smallest absolute Gasteiger partial charge is 0.0635 e. The fourth-order valence-electron chi connectivity index (χ4n) is 1.42. The minimum atomic E-state index is 0.471. The summed E-state index contributed by atoms with van der Waals surface area (Å²) in [5.74, 6) is 0. The summed E-state index contributed by atoms with van der Waals surface area (Å²) in [5, 5.41) is 11.9. The van der Waals surface area contributed by atoms with Gasteiger partial charge in [-0.1, -0.05) is 20.4 Å². The fourth-order valence-corrected chi connectivity index (χ4v) is 1.42. The molecule has 0 bridgehead atoms. The molecule has 0 unspecified atom stereocenters. The van der Waals surface area contributed by atoms with E-state index in [2.05, 4.69) is 36.7 Å². The van der Waals surface area contributed by atoms with Gasteiger partial charge in [0.15, 0.2) is 0 Å². The molecule has 0 saturated heterocycles. The van der Waals surface area contributed by atoms with Crippen LogP contribution in [0.3, 0.4) is 0 Å². The molecule has 4 heteroatoms. The number of hydrogen-bond acceptors (Lipinski definition) is 4. The first-order chi connectivity index (χ1) is 8.10. The molecule has 17 heavy (non-hydrogen) atoms. The first kappa shape index (κ1) is 16.1. The van der Waals surface area contributed by atoms with Gasteiger partial charge in [-0.15, -0.1) is 0 Å². The highest BCUT2D eigenvalue weighted by atomic mass is 16.5. The maximum absolute atomic E-state index is 8.61. The Bertz CT molecular complexity index is 246. The van der Waals surface area contributed by atoms with Crippen LogP contribution < -0.4 is 5.32 Å². The molecule has 0 atom stereocenters. The maximum atomic E-state index is 8.61. The van der Waals surface area contributed by atoms with Crippen molar-refractivity contribution < 1.29 is 4.74 Å². The third-order valence-corrected chi connectivity index (χ3v) is 2.36. The van der Waals surface area contributed by atoms with Crippen LogP contribution in [0.4, 0.5) is 0 Å². The normalized spacial score (nSPS) is 10.8. The van der Waals surface area contributed by atoms with Crippen LogP contribution in [0.25, 0.3) is 0 Å². The molecule has 0 aromatic heterocycles. The van der Waals surface area contributed by atoms with Gasteiger partial charge in [0.2, 0.25) is 0 Å². The van der Waals surface area contributed by atoms with Gasteiger partial charge in [0.1, 0.15) is 0 Å². The summed E-state index contributed by atoms with van der Waals surface area (Å²) in [6.45, 7) is 12.3. The highest BCUT2D eigenvalue weighted by molar-refractivity contribution is 5.00. The fraction of sp³-hybridized carbons (Fsp3) is 0.769. The van der Waals surface area contributed by atoms with E-state index in [1.54, 1.807) is 7.11 Å². The average molecular weight is 239 g/mol. The zero-order valence-corrected chi connectivity index (χ0v) is 11.3. The van der Waals surface area contributed by atoms with Crippen molar-refractivity contribution in [3.05, 3.63) is 12.2 Å². The van der Waals surface area contributed by atoms with Gasteiger partial charge in [0.25, 0.3) is 0 Å². The lowest BCUT2D eigenvalue weighted by Gasteiger charge is -2.22. The third kappa shape index (κ3) is 10.0. The van der Waals surface area contributed by atoms with E-state index in [1.165, 1.54) is 0 Å². The van der Waals surface area contributed by atoms with Gasteiger partial charge >= 0.3 is 0 Å². The summed E-state index contributed by atoms with van der Waals surface area (Å²) in [6, 6.07) is 2.64. The van der Waals surface area contributed by atoms with Gasteiger partial charge in [-0.3, -0.25) is 4.90 Å². The molecular formula is C13H25N3O. The minimum absolute atomic E-state index is 0.471. The third-order valence-electron chi connectivity index (χ3n) is 2.36. The average Bonchev–Trinajstić information content (AvgIpc) is 2.30. The molecule has 0 aliphatic carbocycles. The predicted octanol–water partition coefficient (Wildman–Crippen LogP) is 1.40. The summed E-state index contributed by atoms with van der Waals surface area (Å²) < 4.78 is 5.06. The van der Waals surface area contributed by atoms with Crippen LogP contribution >= 0.6 is 0 Å². The standard InChI is InChI=1S/C13H25N3O/c1-12(2)15-10-13(3)11-16(7-5-6-14)8-9-17-4/h12,15H,3,5,7-11H2,1-2,4H3. The Balaban J connectivity index is 3.94. The molecule has 0 amide bonds. The second-order valence-electron chi connectivity index (χ2n) is 4.46. The van der Waals surface area contributed by atoms with Crippen LogP contribution in [0, 0.1) is 11.3 Å². The van der Waals surface area contributed by atoms with Gasteiger partial charge in [0.05, 0.1) is 12.7 Å². The van der Waals surface area contributed by atoms with Crippen molar-refractivity contribution in [2.45, 2.75) is 26.3 Å². The molecule has 0 aromatic rings. The van der Waals surface area contributed by atoms with Crippen LogP contribution in [-0.4, -0.2) is 50.8 Å². The van der Waals surface area contributed by atoms with E-state index >= 15 is 0 Å². The van der Waals surface area contributed by atoms with E-state index in [9.17, 15) is 0 Å². The molecule has 0 radical (unpaired) electrons. The molecule has 0 heterocycles. The summed E-state index contributed by atoms with van der Waals surface area (Å²) in [4.78, 5) is 2.21. The summed E-state index contributed by atoms with van der Waals surface area (Å²) in [6.07, 6.45) is 0.550. The number of nitrogens with zero attached hydrogens (tertiary/aromatic N) is 2. The van der Waals surface area contributed by atoms with Crippen LogP contribution in [0.15, 0.2) is 12.2 Å². The summed E-state index contributed by atoms with van der Waals surface area (Å²) in [5.41, 5.74) is 1.15. The number of hydrogen-bond donors (Lipinski definition) is 1. The summed E-state index contributed by atoms with van der Waals surface area (Å²) >= 11 is 0. The van der Waals surface area contributed by atoms with Crippen molar-refractivity contribution in [1.29, 1.82) is 5.26 Å². The van der Waals surface area contributed by atoms with Crippen molar-refractivity contribution in [3.8, 4) is 6.07 Å². The SMILES string of the molecule is C=C(CNC(C)C)CN(CCC#N)CCOC. The van der Waals surface area contributed by atoms with E-state index in [0.29, 0.717) is 19.1 Å². The van der Waals surface area contributed by atoms with E-state index in [0.717, 1.165) is 31.8 Å². The molecule has 1 N–H and O–H groups in total. The second kappa shape index (κ2) is 10.3. The lowest BCUT2D eigenvalue weighted by atomic mass is 10.2. The highest BCUT2D eigenvalue weighted by Crippen LogP contribution is 1.98. The van der Waals surface area contributed by atoms with E-state index < -0.39 is 0 Å². The first-order valence-electron chi connectivity index (χ1n) is 6.08. The van der Waals surface area contributed by atoms with Gasteiger partial charge < -0.3 is 10.1 Å². The van der Waals surface area contributed by atoms with Gasteiger partial charge in [-0.25, -0.2) is 0 Å². The molecule has 0 rings (SSSR count). The predicted molar refractivity (Wildman–Crippen MR) is 70.8 cm³/mol. The molecule has 4 nitrogen and oxygen atoms in total. The lowest BCUT2D eigenvalue weighted by molar-refractivity contribution is 0.154. The van der Waals surface area contributed by atoms with Crippen molar-refractivity contribution in [2.75, 3.05) is 39.9 Å². The molecule has 0 saturated carbocycles. The van der Waals surface area contributed by atoms with Crippen LogP contribution in [0.5, 0.6) is 0 Å². The lowest BCUT2D eigenvalue weighted by Crippen LogP contribution is -2.34. The molecule has 0 aliphatic rings. The Kier molecular flexibility index (Phi) is 9.74. The maximum Gasteiger partial charge on any atom is 0.0635 e. The largest absolute Gasteiger partial charge is 0.383 e. The minimum Gasteiger partial charge on any atom is -0.383 e. The summed E-state index contributed by atoms with van der Waals surface area (Å²) in [7, 11) is 1.69. The second-order valence-corrected chi connectivity index (χ2v) is 4.46. The molecule has 98 valence electrons. The molecule has 0 aromatic carbocycles. The van der Waals surface area contributed by atoms with Gasteiger partial charge in [-0.2, -0.15) is 5.26 Å². The van der Waals surface area contributed by atoms with E-state index in [4.69, 9.17) is 10.00 Å². The monoisotopic (exact) mass is 239 g/mol. The number of nitriles is 1. The molecule has 0 fully saturated rings. The zero-order valence-electron chi connectivity index (χ0n) is 11.3. The number of ether oxygens (including phenoxy) is 1. The Labute approximate surface area is 105 Å². The zero-order chi connectivity index (χ0) is 13.1. The Morgan fingerprint density at radius 1 is 1.47 bits per heavy atom. The Morgan fingerprint density at radius 2 is 2.18 bits per heavy atom. The van der Waals surface area contributed by atoms with Gasteiger partial charge in [0, 0.05) is 45.8 Å². The van der Waals surface area contributed by atoms with Crippen molar-refractivity contribution in [2.24, 2.45) is 0 Å². The quantitative estimate of drug-likeness (QED) is 0.585. The van der Waals surface area contributed by atoms with E-state index in [1.807, 2.05) is 0 Å². The van der Waals surface area contributed by atoms with Crippen LogP contribution in [0.2, 0.25) is 0 Å². The molecule has 0 spiro atoms. The van der Waals surface area contributed by atoms with Crippen LogP contribution in [0.1, 0.15) is 20.3 Å². The van der Waals surface area contributed by atoms with Crippen LogP contribution in [-0.2, 0) is 4.74 Å². The van der Waals surface area contributed by atoms with E-state index in [-0.39, 0.29) is 0 Å². The number of methoxy groups -OCH3 is 1. The topological polar surface area (TPSA) is 48.3 Å². The van der Waals surface area contributed by atoms with Crippen molar-refractivity contribution in [3.63, 3.8) is 0 Å². The Hall–Kier alpha value is -0.890. The molecule has 0 aliphatic heterocycles. The van der Waals surface area contributed by atoms with Crippen molar-refractivity contribution >= 4 is 0 Å². The number of nitrogens with one attached hydrogen (secondary N) is 1. The molecular weight excluding hydrogens is 214 g/mol. The van der Waals surface area contributed by atoms with Gasteiger partial charge in [-0.05, 0) is 5.57 Å². The highest BCUT2D eigenvalue weighted by Gasteiger charge is 2.06. The Morgan fingerprint density at radius 3 is 2.71 bits per heavy atom.